The summed E-state index contributed by atoms with van der Waals surface area (Å²) >= 11 is 0. The zero-order chi connectivity index (χ0) is 15.6. The lowest BCUT2D eigenvalue weighted by molar-refractivity contribution is 0.0901. The molecule has 2 rings (SSSR count). The summed E-state index contributed by atoms with van der Waals surface area (Å²) in [5.41, 5.74) is 0.316. The van der Waals surface area contributed by atoms with Gasteiger partial charge in [0.15, 0.2) is 17.3 Å². The molecule has 0 amide bonds. The number of hydrogen-bond donors (Lipinski definition) is 2. The van der Waals surface area contributed by atoms with Crippen molar-refractivity contribution in [1.29, 1.82) is 0 Å². The molecule has 7 nitrogen and oxygen atoms in total. The maximum absolute atomic E-state index is 12.1. The molecule has 1 aliphatic heterocycles. The van der Waals surface area contributed by atoms with E-state index in [1.165, 1.54) is 28.8 Å². The van der Waals surface area contributed by atoms with Crippen LogP contribution >= 0.6 is 0 Å². The highest BCUT2D eigenvalue weighted by Gasteiger charge is 2.24. The molecule has 1 aliphatic rings. The molecule has 8 heteroatoms. The molecule has 0 aromatic heterocycles. The number of benzene rings is 1. The van der Waals surface area contributed by atoms with Crippen LogP contribution in [-0.2, 0) is 10.0 Å². The molecule has 1 fully saturated rings. The van der Waals surface area contributed by atoms with Gasteiger partial charge in [-0.25, -0.2) is 8.42 Å². The first kappa shape index (κ1) is 15.7. The lowest BCUT2D eigenvalue weighted by Gasteiger charge is -2.32. The predicted molar refractivity (Wildman–Crippen MR) is 77.0 cm³/mol. The number of nitrogens with zero attached hydrogens (tertiary/aromatic N) is 2. The Labute approximate surface area is 123 Å². The monoisotopic (exact) mass is 314 g/mol. The molecule has 0 bridgehead atoms. The molecule has 1 aromatic carbocycles. The van der Waals surface area contributed by atoms with Crippen LogP contribution in [0.4, 0.5) is 0 Å². The Bertz CT molecular complexity index is 636. The molecule has 2 N–H and O–H groups in total. The van der Waals surface area contributed by atoms with Crippen LogP contribution in [0.25, 0.3) is 0 Å². The molecule has 116 valence electrons. The first-order valence-corrected chi connectivity index (χ1v) is 8.35. The number of ketones is 1. The first-order valence-electron chi connectivity index (χ1n) is 6.50. The van der Waals surface area contributed by atoms with E-state index in [-0.39, 0.29) is 23.8 Å². The van der Waals surface area contributed by atoms with E-state index < -0.39 is 10.0 Å². The van der Waals surface area contributed by atoms with E-state index in [0.29, 0.717) is 31.7 Å². The van der Waals surface area contributed by atoms with Gasteiger partial charge in [-0.1, -0.05) is 0 Å². The van der Waals surface area contributed by atoms with Gasteiger partial charge >= 0.3 is 0 Å². The predicted octanol–water partition coefficient (Wildman–Crippen LogP) is -0.142. The van der Waals surface area contributed by atoms with Crippen LogP contribution in [0.3, 0.4) is 0 Å². The number of phenols is 2. The minimum atomic E-state index is -3.18. The van der Waals surface area contributed by atoms with Crippen molar-refractivity contribution in [3.05, 3.63) is 23.8 Å². The van der Waals surface area contributed by atoms with Gasteiger partial charge in [-0.15, -0.1) is 0 Å². The molecule has 0 unspecified atom stereocenters. The van der Waals surface area contributed by atoms with Crippen LogP contribution in [0.15, 0.2) is 18.2 Å². The number of aromatic hydroxyl groups is 2. The lowest BCUT2D eigenvalue weighted by Crippen LogP contribution is -2.49. The molecule has 1 heterocycles. The minimum Gasteiger partial charge on any atom is -0.504 e. The van der Waals surface area contributed by atoms with Gasteiger partial charge in [0.25, 0.3) is 0 Å². The van der Waals surface area contributed by atoms with Crippen LogP contribution in [0.5, 0.6) is 11.5 Å². The average molecular weight is 314 g/mol. The summed E-state index contributed by atoms with van der Waals surface area (Å²) in [4.78, 5) is 14.0. The van der Waals surface area contributed by atoms with Crippen molar-refractivity contribution in [3.63, 3.8) is 0 Å². The maximum Gasteiger partial charge on any atom is 0.211 e. The topological polar surface area (TPSA) is 98.2 Å². The third-order valence-electron chi connectivity index (χ3n) is 3.46. The van der Waals surface area contributed by atoms with Gasteiger partial charge in [0, 0.05) is 31.7 Å². The van der Waals surface area contributed by atoms with Crippen molar-refractivity contribution in [3.8, 4) is 11.5 Å². The largest absolute Gasteiger partial charge is 0.504 e. The van der Waals surface area contributed by atoms with Gasteiger partial charge in [0.1, 0.15) is 0 Å². The van der Waals surface area contributed by atoms with Gasteiger partial charge in [-0.3, -0.25) is 9.69 Å². The molecule has 0 saturated carbocycles. The molecular formula is C13H18N2O5S. The van der Waals surface area contributed by atoms with Crippen LogP contribution in [-0.4, -0.2) is 72.6 Å². The maximum atomic E-state index is 12.1. The number of piperazine rings is 1. The van der Waals surface area contributed by atoms with E-state index in [4.69, 9.17) is 0 Å². The summed E-state index contributed by atoms with van der Waals surface area (Å²) in [7, 11) is -3.18. The standard InChI is InChI=1S/C13H18N2O5S/c1-21(19,20)15-6-4-14(5-7-15)9-13(18)10-2-3-11(16)12(17)8-10/h2-3,8,16-17H,4-7,9H2,1H3. The molecule has 0 atom stereocenters. The Kier molecular flexibility index (Phi) is 4.50. The molecule has 1 aromatic rings. The highest BCUT2D eigenvalue weighted by Crippen LogP contribution is 2.25. The van der Waals surface area contributed by atoms with Crippen molar-refractivity contribution >= 4 is 15.8 Å². The number of sulfonamides is 1. The summed E-state index contributed by atoms with van der Waals surface area (Å²) in [5.74, 6) is -0.783. The fraction of sp³-hybridized carbons (Fsp3) is 0.462. The number of Topliss-reactive ketones (excluding diaryl/α,β-unsaturated/α-hetero) is 1. The Morgan fingerprint density at radius 3 is 2.29 bits per heavy atom. The van der Waals surface area contributed by atoms with E-state index in [1.807, 2.05) is 4.90 Å². The second-order valence-corrected chi connectivity index (χ2v) is 7.05. The van der Waals surface area contributed by atoms with E-state index in [9.17, 15) is 23.4 Å². The van der Waals surface area contributed by atoms with E-state index in [1.54, 1.807) is 0 Å². The minimum absolute atomic E-state index is 0.155. The molecule has 21 heavy (non-hydrogen) atoms. The van der Waals surface area contributed by atoms with Crippen molar-refractivity contribution in [2.45, 2.75) is 0 Å². The average Bonchev–Trinajstić information content (AvgIpc) is 2.41. The van der Waals surface area contributed by atoms with Crippen LogP contribution in [0, 0.1) is 0 Å². The zero-order valence-electron chi connectivity index (χ0n) is 11.7. The van der Waals surface area contributed by atoms with E-state index >= 15 is 0 Å². The molecule has 0 spiro atoms. The van der Waals surface area contributed by atoms with Gasteiger partial charge < -0.3 is 10.2 Å². The van der Waals surface area contributed by atoms with Crippen LogP contribution < -0.4 is 0 Å². The quantitative estimate of drug-likeness (QED) is 0.593. The fourth-order valence-electron chi connectivity index (χ4n) is 2.21. The first-order chi connectivity index (χ1) is 9.77. The summed E-state index contributed by atoms with van der Waals surface area (Å²) < 4.78 is 24.2. The SMILES string of the molecule is CS(=O)(=O)N1CCN(CC(=O)c2ccc(O)c(O)c2)CC1. The van der Waals surface area contributed by atoms with Crippen LogP contribution in [0.1, 0.15) is 10.4 Å². The van der Waals surface area contributed by atoms with Gasteiger partial charge in [0.05, 0.1) is 12.8 Å². The second-order valence-electron chi connectivity index (χ2n) is 5.06. The normalized spacial score (nSPS) is 17.8. The number of phenolic OH excluding ortho intramolecular Hbond substituents is 2. The number of carbonyl (C=O) groups is 1. The zero-order valence-corrected chi connectivity index (χ0v) is 12.5. The summed E-state index contributed by atoms with van der Waals surface area (Å²) in [6.45, 7) is 1.87. The van der Waals surface area contributed by atoms with Crippen LogP contribution in [0.2, 0.25) is 0 Å². The highest BCUT2D eigenvalue weighted by molar-refractivity contribution is 7.88. The van der Waals surface area contributed by atoms with E-state index in [0.717, 1.165) is 0 Å². The van der Waals surface area contributed by atoms with E-state index in [2.05, 4.69) is 0 Å². The van der Waals surface area contributed by atoms with Crippen molar-refractivity contribution in [2.24, 2.45) is 0 Å². The second kappa shape index (κ2) is 6.00. The van der Waals surface area contributed by atoms with Crippen molar-refractivity contribution in [1.82, 2.24) is 9.21 Å². The van der Waals surface area contributed by atoms with Gasteiger partial charge in [-0.05, 0) is 18.2 Å². The number of hydrogen-bond acceptors (Lipinski definition) is 6. The highest BCUT2D eigenvalue weighted by atomic mass is 32.2. The third-order valence-corrected chi connectivity index (χ3v) is 4.77. The number of carbonyl (C=O) groups excluding carboxylic acids is 1. The lowest BCUT2D eigenvalue weighted by atomic mass is 10.1. The van der Waals surface area contributed by atoms with Gasteiger partial charge in [0.2, 0.25) is 10.0 Å². The Balaban J connectivity index is 1.94. The fourth-order valence-corrected chi connectivity index (χ4v) is 3.04. The van der Waals surface area contributed by atoms with Gasteiger partial charge in [-0.2, -0.15) is 4.31 Å². The Morgan fingerprint density at radius 1 is 1.14 bits per heavy atom. The van der Waals surface area contributed by atoms with Crippen molar-refractivity contribution in [2.75, 3.05) is 39.0 Å². The Morgan fingerprint density at radius 2 is 1.76 bits per heavy atom. The molecule has 1 saturated heterocycles. The summed E-state index contributed by atoms with van der Waals surface area (Å²) in [6, 6.07) is 3.94. The Hall–Kier alpha value is -1.64. The summed E-state index contributed by atoms with van der Waals surface area (Å²) in [6.07, 6.45) is 1.17. The third kappa shape index (κ3) is 3.93. The van der Waals surface area contributed by atoms with Crippen molar-refractivity contribution < 1.29 is 23.4 Å². The summed E-state index contributed by atoms with van der Waals surface area (Å²) in [5, 5.41) is 18.6. The smallest absolute Gasteiger partial charge is 0.211 e. The number of rotatable bonds is 4. The molecule has 0 radical (unpaired) electrons. The molecular weight excluding hydrogens is 296 g/mol. The molecule has 0 aliphatic carbocycles.